The van der Waals surface area contributed by atoms with Gasteiger partial charge in [0.2, 0.25) is 5.75 Å². The van der Waals surface area contributed by atoms with Crippen LogP contribution < -0.4 is 4.74 Å². The van der Waals surface area contributed by atoms with Crippen molar-refractivity contribution in [2.75, 3.05) is 0 Å². The minimum absolute atomic E-state index is 0.183. The average Bonchev–Trinajstić information content (AvgIpc) is 3.19. The molecule has 11 heteroatoms. The summed E-state index contributed by atoms with van der Waals surface area (Å²) in [6, 6.07) is 9.28. The van der Waals surface area contributed by atoms with Gasteiger partial charge in [-0.2, -0.15) is 18.4 Å². The fraction of sp³-hybridized carbons (Fsp3) is 0.333. The first-order valence-corrected chi connectivity index (χ1v) is 13.3. The molecule has 198 valence electrons. The molecule has 2 aromatic carbocycles. The number of halogens is 4. The molecule has 6 nitrogen and oxygen atoms in total. The lowest BCUT2D eigenvalue weighted by atomic mass is 9.72. The van der Waals surface area contributed by atoms with E-state index < -0.39 is 22.4 Å². The van der Waals surface area contributed by atoms with Crippen LogP contribution in [0, 0.1) is 32.8 Å². The van der Waals surface area contributed by atoms with Crippen LogP contribution in [0.3, 0.4) is 0 Å². The van der Waals surface area contributed by atoms with E-state index in [1.807, 2.05) is 0 Å². The Hall–Kier alpha value is -3.23. The Morgan fingerprint density at radius 3 is 2.53 bits per heavy atom. The van der Waals surface area contributed by atoms with Crippen molar-refractivity contribution in [3.8, 4) is 17.6 Å². The number of ether oxygens (including phenoxy) is 1. The van der Waals surface area contributed by atoms with E-state index in [1.165, 1.54) is 10.9 Å². The molecule has 1 heterocycles. The van der Waals surface area contributed by atoms with Gasteiger partial charge in [0.05, 0.1) is 20.5 Å². The van der Waals surface area contributed by atoms with Crippen molar-refractivity contribution in [3.05, 3.63) is 78.1 Å². The summed E-state index contributed by atoms with van der Waals surface area (Å²) in [5, 5.41) is 21.8. The van der Waals surface area contributed by atoms with Crippen molar-refractivity contribution in [3.63, 3.8) is 0 Å². The van der Waals surface area contributed by atoms with Gasteiger partial charge in [0.1, 0.15) is 16.8 Å². The average molecular weight is 606 g/mol. The number of nitro groups is 1. The Morgan fingerprint density at radius 1 is 1.21 bits per heavy atom. The first-order valence-electron chi connectivity index (χ1n) is 11.7. The van der Waals surface area contributed by atoms with E-state index in [0.717, 1.165) is 37.0 Å². The molecule has 0 N–H and O–H groups in total. The fourth-order valence-corrected chi connectivity index (χ4v) is 6.07. The fourth-order valence-electron chi connectivity index (χ4n) is 4.37. The van der Waals surface area contributed by atoms with E-state index in [9.17, 15) is 28.5 Å². The number of rotatable bonds is 5. The monoisotopic (exact) mass is 605 g/mol. The molecule has 0 bridgehead atoms. The quantitative estimate of drug-likeness (QED) is 0.165. The highest BCUT2D eigenvalue weighted by Gasteiger charge is 2.34. The molecule has 1 aromatic heterocycles. The maximum Gasteiger partial charge on any atom is 0.416 e. The smallest absolute Gasteiger partial charge is 0.416 e. The molecule has 0 amide bonds. The maximum atomic E-state index is 13.0. The van der Waals surface area contributed by atoms with E-state index in [4.69, 9.17) is 4.74 Å². The maximum absolute atomic E-state index is 13.0. The molecule has 38 heavy (non-hydrogen) atoms. The Morgan fingerprint density at radius 2 is 1.92 bits per heavy atom. The standard InChI is InChI=1S/C27H23BrF3N3O3S/c1-26(2,3)16-5-7-18-19(13-32)25(38-24(18)12-16)33-14-15-4-8-22(20(28)10-15)37-23-9-6-17(27(29,30)31)11-21(23)34(35)36/h4,6,8-11,14,16H,5,7,12H2,1-3H3/t16-/m0/s1. The van der Waals surface area contributed by atoms with Crippen LogP contribution in [-0.2, 0) is 19.0 Å². The summed E-state index contributed by atoms with van der Waals surface area (Å²) in [6.45, 7) is 6.71. The van der Waals surface area contributed by atoms with Gasteiger partial charge >= 0.3 is 11.9 Å². The largest absolute Gasteiger partial charge is 0.449 e. The number of nitro benzene ring substituents is 1. The van der Waals surface area contributed by atoms with Crippen LogP contribution >= 0.6 is 27.3 Å². The Kier molecular flexibility index (Phi) is 7.68. The van der Waals surface area contributed by atoms with E-state index in [2.05, 4.69) is 47.8 Å². The normalized spacial score (nSPS) is 15.8. The second-order valence-electron chi connectivity index (χ2n) is 10.1. The zero-order valence-corrected chi connectivity index (χ0v) is 23.1. The summed E-state index contributed by atoms with van der Waals surface area (Å²) in [7, 11) is 0. The van der Waals surface area contributed by atoms with Crippen LogP contribution in [0.2, 0.25) is 0 Å². The van der Waals surface area contributed by atoms with Crippen molar-refractivity contribution < 1.29 is 22.8 Å². The van der Waals surface area contributed by atoms with Gasteiger partial charge in [-0.1, -0.05) is 20.8 Å². The van der Waals surface area contributed by atoms with Crippen molar-refractivity contribution in [2.45, 2.75) is 46.2 Å². The Balaban J connectivity index is 1.56. The van der Waals surface area contributed by atoms with Crippen LogP contribution in [0.4, 0.5) is 23.9 Å². The van der Waals surface area contributed by atoms with Crippen LogP contribution in [-0.4, -0.2) is 11.1 Å². The van der Waals surface area contributed by atoms with Gasteiger partial charge in [0, 0.05) is 17.2 Å². The van der Waals surface area contributed by atoms with E-state index in [0.29, 0.717) is 32.6 Å². The van der Waals surface area contributed by atoms with E-state index in [1.54, 1.807) is 29.7 Å². The predicted octanol–water partition coefficient (Wildman–Crippen LogP) is 9.00. The highest BCUT2D eigenvalue weighted by molar-refractivity contribution is 9.10. The van der Waals surface area contributed by atoms with Crippen molar-refractivity contribution in [2.24, 2.45) is 16.3 Å². The molecule has 1 atom stereocenters. The summed E-state index contributed by atoms with van der Waals surface area (Å²) in [6.07, 6.45) is -0.265. The number of fused-ring (bicyclic) bond motifs is 1. The second kappa shape index (κ2) is 10.5. The first-order chi connectivity index (χ1) is 17.8. The van der Waals surface area contributed by atoms with Crippen LogP contribution in [0.25, 0.3) is 0 Å². The Bertz CT molecular complexity index is 1470. The van der Waals surface area contributed by atoms with Crippen molar-refractivity contribution >= 4 is 44.2 Å². The van der Waals surface area contributed by atoms with Gasteiger partial charge in [0.15, 0.2) is 0 Å². The predicted molar refractivity (Wildman–Crippen MR) is 144 cm³/mol. The molecule has 1 aliphatic rings. The number of aliphatic imine (C=N–C) groups is 1. The zero-order chi connectivity index (χ0) is 27.8. The minimum atomic E-state index is -4.72. The lowest BCUT2D eigenvalue weighted by Gasteiger charge is -2.33. The number of hydrogen-bond acceptors (Lipinski definition) is 6. The number of hydrogen-bond donors (Lipinski definition) is 0. The van der Waals surface area contributed by atoms with Gasteiger partial charge in [-0.05, 0) is 88.0 Å². The molecule has 0 unspecified atom stereocenters. The third kappa shape index (κ3) is 5.92. The molecule has 4 rings (SSSR count). The summed E-state index contributed by atoms with van der Waals surface area (Å²) in [5.41, 5.74) is 0.638. The van der Waals surface area contributed by atoms with Gasteiger partial charge in [-0.3, -0.25) is 10.1 Å². The highest BCUT2D eigenvalue weighted by atomic mass is 79.9. The highest BCUT2D eigenvalue weighted by Crippen LogP contribution is 2.45. The lowest BCUT2D eigenvalue weighted by molar-refractivity contribution is -0.385. The first kappa shape index (κ1) is 27.8. The van der Waals surface area contributed by atoms with Gasteiger partial charge < -0.3 is 4.74 Å². The molecule has 0 saturated carbocycles. The molecular formula is C27H23BrF3N3O3S. The molecule has 0 aliphatic heterocycles. The molecule has 0 radical (unpaired) electrons. The molecule has 0 fully saturated rings. The van der Waals surface area contributed by atoms with E-state index in [-0.39, 0.29) is 16.9 Å². The summed E-state index contributed by atoms with van der Waals surface area (Å²) in [4.78, 5) is 16.2. The van der Waals surface area contributed by atoms with Crippen molar-refractivity contribution in [1.82, 2.24) is 0 Å². The SMILES string of the molecule is CC(C)(C)[C@H]1CCc2c(sc(N=Cc3ccc(Oc4ccc(C(F)(F)F)cc4[N+](=O)[O-])c(Br)c3)c2C#N)C1. The number of nitriles is 1. The summed E-state index contributed by atoms with van der Waals surface area (Å²) < 4.78 is 44.9. The third-order valence-electron chi connectivity index (χ3n) is 6.57. The molecule has 3 aromatic rings. The molecule has 0 saturated heterocycles. The third-order valence-corrected chi connectivity index (χ3v) is 8.35. The number of benzene rings is 2. The number of nitrogens with zero attached hydrogens (tertiary/aromatic N) is 3. The minimum Gasteiger partial charge on any atom is -0.449 e. The van der Waals surface area contributed by atoms with Gasteiger partial charge in [-0.15, -0.1) is 11.3 Å². The number of alkyl halides is 3. The van der Waals surface area contributed by atoms with Crippen molar-refractivity contribution in [1.29, 1.82) is 5.26 Å². The lowest BCUT2D eigenvalue weighted by Crippen LogP contribution is -2.26. The van der Waals surface area contributed by atoms with Gasteiger partial charge in [0.25, 0.3) is 0 Å². The Labute approximate surface area is 230 Å². The molecular weight excluding hydrogens is 583 g/mol. The van der Waals surface area contributed by atoms with Crippen LogP contribution in [0.1, 0.15) is 54.3 Å². The van der Waals surface area contributed by atoms with E-state index >= 15 is 0 Å². The zero-order valence-electron chi connectivity index (χ0n) is 20.7. The number of thiophene rings is 1. The van der Waals surface area contributed by atoms with Gasteiger partial charge in [-0.25, -0.2) is 4.99 Å². The molecule has 1 aliphatic carbocycles. The summed E-state index contributed by atoms with van der Waals surface area (Å²) >= 11 is 4.89. The molecule has 0 spiro atoms. The second-order valence-corrected chi connectivity index (χ2v) is 12.0. The topological polar surface area (TPSA) is 88.5 Å². The van der Waals surface area contributed by atoms with Crippen LogP contribution in [0.5, 0.6) is 11.5 Å². The van der Waals surface area contributed by atoms with Crippen LogP contribution in [0.15, 0.2) is 45.9 Å². The summed E-state index contributed by atoms with van der Waals surface area (Å²) in [5.74, 6) is 0.407.